The second-order valence-corrected chi connectivity index (χ2v) is 7.69. The molecule has 0 bridgehead atoms. The molecule has 1 fully saturated rings. The van der Waals surface area contributed by atoms with Crippen LogP contribution in [0.2, 0.25) is 0 Å². The zero-order valence-corrected chi connectivity index (χ0v) is 15.5. The van der Waals surface area contributed by atoms with Crippen LogP contribution in [0.15, 0.2) is 42.6 Å². The highest BCUT2D eigenvalue weighted by Gasteiger charge is 2.13. The molecule has 2 aromatic heterocycles. The van der Waals surface area contributed by atoms with Gasteiger partial charge in [-0.15, -0.1) is 11.3 Å². The Morgan fingerprint density at radius 3 is 2.77 bits per heavy atom. The van der Waals surface area contributed by atoms with Crippen molar-refractivity contribution in [3.63, 3.8) is 0 Å². The smallest absolute Gasteiger partial charge is 0.225 e. The lowest BCUT2D eigenvalue weighted by atomic mass is 10.2. The molecule has 3 aromatic rings. The van der Waals surface area contributed by atoms with Crippen LogP contribution in [0.25, 0.3) is 10.2 Å². The third-order valence-corrected chi connectivity index (χ3v) is 5.72. The maximum atomic E-state index is 12.1. The second-order valence-electron chi connectivity index (χ2n) is 6.57. The number of fused-ring (bicyclic) bond motifs is 1. The Labute approximate surface area is 157 Å². The number of thiazole rings is 1. The monoisotopic (exact) mass is 366 g/mol. The number of amides is 1. The van der Waals surface area contributed by atoms with Gasteiger partial charge < -0.3 is 10.2 Å². The zero-order valence-electron chi connectivity index (χ0n) is 14.6. The van der Waals surface area contributed by atoms with Gasteiger partial charge in [0.2, 0.25) is 5.91 Å². The van der Waals surface area contributed by atoms with Gasteiger partial charge in [0.25, 0.3) is 0 Å². The van der Waals surface area contributed by atoms with Gasteiger partial charge in [-0.25, -0.2) is 9.97 Å². The lowest BCUT2D eigenvalue weighted by Crippen LogP contribution is -2.18. The van der Waals surface area contributed by atoms with E-state index in [1.54, 1.807) is 11.3 Å². The van der Waals surface area contributed by atoms with Crippen LogP contribution in [0.4, 0.5) is 11.5 Å². The van der Waals surface area contributed by atoms with Crippen molar-refractivity contribution >= 4 is 39.0 Å². The molecule has 3 heterocycles. The first kappa shape index (κ1) is 17.0. The van der Waals surface area contributed by atoms with Gasteiger partial charge in [0, 0.05) is 19.5 Å². The van der Waals surface area contributed by atoms with Crippen molar-refractivity contribution in [2.45, 2.75) is 32.1 Å². The quantitative estimate of drug-likeness (QED) is 0.708. The van der Waals surface area contributed by atoms with Crippen molar-refractivity contribution in [1.29, 1.82) is 0 Å². The number of hydrogen-bond acceptors (Lipinski definition) is 5. The summed E-state index contributed by atoms with van der Waals surface area (Å²) in [6.45, 7) is 2.19. The summed E-state index contributed by atoms with van der Waals surface area (Å²) in [5, 5.41) is 3.98. The Hall–Kier alpha value is -2.47. The molecule has 5 nitrogen and oxygen atoms in total. The number of anilines is 2. The number of nitrogens with one attached hydrogen (secondary N) is 1. The number of nitrogens with zero attached hydrogens (tertiary/aromatic N) is 3. The summed E-state index contributed by atoms with van der Waals surface area (Å²) in [7, 11) is 0. The summed E-state index contributed by atoms with van der Waals surface area (Å²) in [5.41, 5.74) is 2.18. The van der Waals surface area contributed by atoms with Gasteiger partial charge in [-0.2, -0.15) is 0 Å². The molecule has 0 radical (unpaired) electrons. The SMILES string of the molecule is O=C(CCCc1nc2ccccc2s1)Nc1ccc(N2CCCC2)cn1. The van der Waals surface area contributed by atoms with Gasteiger partial charge in [0.15, 0.2) is 0 Å². The Bertz CT molecular complexity index is 851. The summed E-state index contributed by atoms with van der Waals surface area (Å²) in [6, 6.07) is 12.1. The van der Waals surface area contributed by atoms with Crippen LogP contribution in [0.5, 0.6) is 0 Å². The Morgan fingerprint density at radius 1 is 1.15 bits per heavy atom. The van der Waals surface area contributed by atoms with Crippen LogP contribution in [0, 0.1) is 0 Å². The standard InChI is InChI=1S/C20H22N4OS/c25-19(8-5-9-20-22-16-6-1-2-7-17(16)26-20)23-18-11-10-15(14-21-18)24-12-3-4-13-24/h1-2,6-7,10-11,14H,3-5,8-9,12-13H2,(H,21,23,25). The zero-order chi connectivity index (χ0) is 17.8. The van der Waals surface area contributed by atoms with Gasteiger partial charge in [0.1, 0.15) is 5.82 Å². The minimum Gasteiger partial charge on any atom is -0.370 e. The third-order valence-electron chi connectivity index (χ3n) is 4.62. The number of pyridine rings is 1. The summed E-state index contributed by atoms with van der Waals surface area (Å²) in [6.07, 6.45) is 6.43. The van der Waals surface area contributed by atoms with E-state index < -0.39 is 0 Å². The summed E-state index contributed by atoms with van der Waals surface area (Å²) >= 11 is 1.71. The van der Waals surface area contributed by atoms with E-state index in [9.17, 15) is 4.79 Å². The number of carbonyl (C=O) groups is 1. The highest BCUT2D eigenvalue weighted by Crippen LogP contribution is 2.23. The number of carbonyl (C=O) groups excluding carboxylic acids is 1. The lowest BCUT2D eigenvalue weighted by Gasteiger charge is -2.17. The fourth-order valence-corrected chi connectivity index (χ4v) is 4.26. The molecule has 0 atom stereocenters. The molecule has 0 unspecified atom stereocenters. The Kier molecular flexibility index (Phi) is 5.11. The average molecular weight is 366 g/mol. The largest absolute Gasteiger partial charge is 0.370 e. The van der Waals surface area contributed by atoms with Gasteiger partial charge in [0.05, 0.1) is 27.1 Å². The molecule has 6 heteroatoms. The van der Waals surface area contributed by atoms with Crippen LogP contribution < -0.4 is 10.2 Å². The van der Waals surface area contributed by atoms with Gasteiger partial charge >= 0.3 is 0 Å². The maximum absolute atomic E-state index is 12.1. The minimum atomic E-state index is 0.00698. The fraction of sp³-hybridized carbons (Fsp3) is 0.350. The molecule has 0 saturated carbocycles. The predicted molar refractivity (Wildman–Crippen MR) is 107 cm³/mol. The average Bonchev–Trinajstić information content (AvgIpc) is 3.32. The van der Waals surface area contributed by atoms with Crippen LogP contribution in [0.3, 0.4) is 0 Å². The number of rotatable bonds is 6. The van der Waals surface area contributed by atoms with E-state index in [0.29, 0.717) is 12.2 Å². The third kappa shape index (κ3) is 4.02. The molecule has 1 aromatic carbocycles. The first-order chi connectivity index (χ1) is 12.8. The first-order valence-electron chi connectivity index (χ1n) is 9.13. The molecular formula is C20H22N4OS. The van der Waals surface area contributed by atoms with E-state index in [0.717, 1.165) is 42.1 Å². The molecular weight excluding hydrogens is 344 g/mol. The first-order valence-corrected chi connectivity index (χ1v) is 9.95. The molecule has 1 saturated heterocycles. The van der Waals surface area contributed by atoms with Crippen molar-refractivity contribution in [3.05, 3.63) is 47.6 Å². The molecule has 0 aliphatic carbocycles. The van der Waals surface area contributed by atoms with E-state index in [1.165, 1.54) is 17.5 Å². The number of aryl methyl sites for hydroxylation is 1. The maximum Gasteiger partial charge on any atom is 0.225 e. The summed E-state index contributed by atoms with van der Waals surface area (Å²) in [4.78, 5) is 23.5. The van der Waals surface area contributed by atoms with Crippen molar-refractivity contribution < 1.29 is 4.79 Å². The van der Waals surface area contributed by atoms with Crippen LogP contribution >= 0.6 is 11.3 Å². The number of para-hydroxylation sites is 1. The molecule has 26 heavy (non-hydrogen) atoms. The van der Waals surface area contributed by atoms with Crippen LogP contribution in [-0.2, 0) is 11.2 Å². The molecule has 4 rings (SSSR count). The summed E-state index contributed by atoms with van der Waals surface area (Å²) in [5.74, 6) is 0.630. The molecule has 1 aliphatic heterocycles. The Balaban J connectivity index is 1.25. The minimum absolute atomic E-state index is 0.00698. The van der Waals surface area contributed by atoms with Crippen LogP contribution in [0.1, 0.15) is 30.7 Å². The predicted octanol–water partition coefficient (Wildman–Crippen LogP) is 4.25. The molecule has 1 aliphatic rings. The van der Waals surface area contributed by atoms with Crippen molar-refractivity contribution in [2.75, 3.05) is 23.3 Å². The van der Waals surface area contributed by atoms with E-state index in [2.05, 4.69) is 26.3 Å². The lowest BCUT2D eigenvalue weighted by molar-refractivity contribution is -0.116. The van der Waals surface area contributed by atoms with Crippen molar-refractivity contribution in [3.8, 4) is 0 Å². The highest BCUT2D eigenvalue weighted by atomic mass is 32.1. The van der Waals surface area contributed by atoms with Gasteiger partial charge in [-0.3, -0.25) is 4.79 Å². The highest BCUT2D eigenvalue weighted by molar-refractivity contribution is 7.18. The number of aromatic nitrogens is 2. The molecule has 1 N–H and O–H groups in total. The van der Waals surface area contributed by atoms with E-state index in [-0.39, 0.29) is 5.91 Å². The van der Waals surface area contributed by atoms with E-state index in [4.69, 9.17) is 0 Å². The second kappa shape index (κ2) is 7.83. The molecule has 1 amide bonds. The number of hydrogen-bond donors (Lipinski definition) is 1. The molecule has 134 valence electrons. The van der Waals surface area contributed by atoms with Gasteiger partial charge in [-0.05, 0) is 49.9 Å². The van der Waals surface area contributed by atoms with Crippen molar-refractivity contribution in [2.24, 2.45) is 0 Å². The van der Waals surface area contributed by atoms with Crippen molar-refractivity contribution in [1.82, 2.24) is 9.97 Å². The Morgan fingerprint density at radius 2 is 2.00 bits per heavy atom. The van der Waals surface area contributed by atoms with Crippen LogP contribution in [-0.4, -0.2) is 29.0 Å². The van der Waals surface area contributed by atoms with E-state index >= 15 is 0 Å². The summed E-state index contributed by atoms with van der Waals surface area (Å²) < 4.78 is 1.20. The normalized spacial score (nSPS) is 14.1. The topological polar surface area (TPSA) is 58.1 Å². The fourth-order valence-electron chi connectivity index (χ4n) is 3.25. The number of benzene rings is 1. The van der Waals surface area contributed by atoms with E-state index in [1.807, 2.05) is 36.5 Å². The molecule has 0 spiro atoms. The van der Waals surface area contributed by atoms with Gasteiger partial charge in [-0.1, -0.05) is 12.1 Å².